The molecule has 0 amide bonds. The number of anilines is 1. The third kappa shape index (κ3) is 13.1. The van der Waals surface area contributed by atoms with Gasteiger partial charge < -0.3 is 5.73 Å². The van der Waals surface area contributed by atoms with E-state index >= 15 is 0 Å². The zero-order valence-electron chi connectivity index (χ0n) is 13.0. The van der Waals surface area contributed by atoms with E-state index in [0.29, 0.717) is 5.95 Å². The minimum atomic E-state index is 0.329. The fourth-order valence-corrected chi connectivity index (χ4v) is 1.79. The third-order valence-corrected chi connectivity index (χ3v) is 3.01. The molecule has 110 valence electrons. The minimum Gasteiger partial charge on any atom is -0.368 e. The van der Waals surface area contributed by atoms with E-state index in [1.807, 2.05) is 6.92 Å². The van der Waals surface area contributed by atoms with E-state index in [9.17, 15) is 0 Å². The zero-order valence-corrected chi connectivity index (χ0v) is 13.0. The summed E-state index contributed by atoms with van der Waals surface area (Å²) < 4.78 is 0. The van der Waals surface area contributed by atoms with Gasteiger partial charge in [0.05, 0.1) is 0 Å². The number of hydrogen-bond donors (Lipinski definition) is 1. The Balaban J connectivity index is 0.000000356. The molecule has 0 aliphatic carbocycles. The number of nitrogens with two attached hydrogens (primary N) is 1. The number of aryl methyl sites for hydroxylation is 1. The molecule has 0 aliphatic heterocycles. The van der Waals surface area contributed by atoms with Crippen LogP contribution in [0.5, 0.6) is 0 Å². The van der Waals surface area contributed by atoms with Gasteiger partial charge >= 0.3 is 0 Å². The molecular weight excluding hydrogens is 234 g/mol. The first-order valence-electron chi connectivity index (χ1n) is 7.74. The molecule has 1 rings (SSSR count). The first-order chi connectivity index (χ1) is 9.20. The summed E-state index contributed by atoms with van der Waals surface area (Å²) >= 11 is 0. The van der Waals surface area contributed by atoms with Gasteiger partial charge in [0.2, 0.25) is 5.95 Å². The van der Waals surface area contributed by atoms with Crippen LogP contribution in [0.25, 0.3) is 0 Å². The van der Waals surface area contributed by atoms with Gasteiger partial charge in [0.25, 0.3) is 0 Å². The summed E-state index contributed by atoms with van der Waals surface area (Å²) in [5, 5.41) is 0. The first kappa shape index (κ1) is 17.9. The van der Waals surface area contributed by atoms with Gasteiger partial charge in [0.15, 0.2) is 0 Å². The van der Waals surface area contributed by atoms with Gasteiger partial charge in [-0.3, -0.25) is 0 Å². The van der Waals surface area contributed by atoms with Gasteiger partial charge in [-0.1, -0.05) is 71.6 Å². The Kier molecular flexibility index (Phi) is 12.5. The second-order valence-electron chi connectivity index (χ2n) is 5.09. The SMILES string of the molecule is CCCCCCCCCCC.Cc1cnc(N)nc1. The molecule has 0 saturated carbocycles. The largest absolute Gasteiger partial charge is 0.368 e. The average molecular weight is 265 g/mol. The summed E-state index contributed by atoms with van der Waals surface area (Å²) in [5.41, 5.74) is 6.23. The Bertz CT molecular complexity index is 254. The molecule has 1 aromatic rings. The molecule has 0 fully saturated rings. The highest BCUT2D eigenvalue weighted by molar-refractivity contribution is 5.15. The van der Waals surface area contributed by atoms with Gasteiger partial charge in [-0.15, -0.1) is 0 Å². The quantitative estimate of drug-likeness (QED) is 0.680. The first-order valence-corrected chi connectivity index (χ1v) is 7.74. The molecular formula is C16H31N3. The Morgan fingerprint density at radius 3 is 1.47 bits per heavy atom. The fraction of sp³-hybridized carbons (Fsp3) is 0.750. The molecule has 0 saturated heterocycles. The van der Waals surface area contributed by atoms with Crippen LogP contribution in [0.2, 0.25) is 0 Å². The van der Waals surface area contributed by atoms with E-state index < -0.39 is 0 Å². The van der Waals surface area contributed by atoms with E-state index in [1.165, 1.54) is 57.8 Å². The second-order valence-corrected chi connectivity index (χ2v) is 5.09. The molecule has 2 N–H and O–H groups in total. The van der Waals surface area contributed by atoms with Gasteiger partial charge in [-0.25, -0.2) is 9.97 Å². The molecule has 0 unspecified atom stereocenters. The van der Waals surface area contributed by atoms with Crippen molar-refractivity contribution in [3.05, 3.63) is 18.0 Å². The summed E-state index contributed by atoms with van der Waals surface area (Å²) in [7, 11) is 0. The normalized spacial score (nSPS) is 9.84. The molecule has 0 atom stereocenters. The summed E-state index contributed by atoms with van der Waals surface area (Å²) in [6, 6.07) is 0. The van der Waals surface area contributed by atoms with E-state index in [-0.39, 0.29) is 0 Å². The van der Waals surface area contributed by atoms with Gasteiger partial charge in [-0.05, 0) is 12.5 Å². The van der Waals surface area contributed by atoms with Crippen molar-refractivity contribution in [3.8, 4) is 0 Å². The van der Waals surface area contributed by atoms with Crippen LogP contribution in [0, 0.1) is 6.92 Å². The second kappa shape index (κ2) is 13.3. The molecule has 3 heteroatoms. The van der Waals surface area contributed by atoms with Crippen molar-refractivity contribution < 1.29 is 0 Å². The van der Waals surface area contributed by atoms with Crippen molar-refractivity contribution in [2.24, 2.45) is 0 Å². The number of nitrogen functional groups attached to an aromatic ring is 1. The maximum Gasteiger partial charge on any atom is 0.219 e. The van der Waals surface area contributed by atoms with Crippen molar-refractivity contribution >= 4 is 5.95 Å². The number of aromatic nitrogens is 2. The molecule has 3 nitrogen and oxygen atoms in total. The number of rotatable bonds is 8. The number of nitrogens with zero attached hydrogens (tertiary/aromatic N) is 2. The lowest BCUT2D eigenvalue weighted by Gasteiger charge is -1.98. The van der Waals surface area contributed by atoms with Gasteiger partial charge in [-0.2, -0.15) is 0 Å². The van der Waals surface area contributed by atoms with Crippen LogP contribution in [0.4, 0.5) is 5.95 Å². The lowest BCUT2D eigenvalue weighted by Crippen LogP contribution is -1.92. The molecule has 0 spiro atoms. The molecule has 0 bridgehead atoms. The molecule has 1 heterocycles. The Labute approximate surface area is 119 Å². The molecule has 1 aromatic heterocycles. The molecule has 0 radical (unpaired) electrons. The fourth-order valence-electron chi connectivity index (χ4n) is 1.79. The van der Waals surface area contributed by atoms with E-state index in [0.717, 1.165) is 5.56 Å². The van der Waals surface area contributed by atoms with Crippen LogP contribution < -0.4 is 5.73 Å². The summed E-state index contributed by atoms with van der Waals surface area (Å²) in [6.07, 6.45) is 16.3. The van der Waals surface area contributed by atoms with Crippen molar-refractivity contribution in [2.75, 3.05) is 5.73 Å². The van der Waals surface area contributed by atoms with Crippen LogP contribution >= 0.6 is 0 Å². The predicted molar refractivity (Wildman–Crippen MR) is 84.1 cm³/mol. The van der Waals surface area contributed by atoms with Crippen LogP contribution in [-0.2, 0) is 0 Å². The predicted octanol–water partition coefficient (Wildman–Crippen LogP) is 4.90. The Morgan fingerprint density at radius 2 is 1.16 bits per heavy atom. The third-order valence-electron chi connectivity index (χ3n) is 3.01. The lowest BCUT2D eigenvalue weighted by molar-refractivity contribution is 0.572. The highest BCUT2D eigenvalue weighted by Gasteiger charge is 1.89. The zero-order chi connectivity index (χ0) is 14.3. The number of unbranched alkanes of at least 4 members (excludes halogenated alkanes) is 8. The summed E-state index contributed by atoms with van der Waals surface area (Å²) in [4.78, 5) is 7.49. The lowest BCUT2D eigenvalue weighted by atomic mass is 10.1. The molecule has 0 aromatic carbocycles. The Morgan fingerprint density at radius 1 is 0.789 bits per heavy atom. The van der Waals surface area contributed by atoms with Crippen LogP contribution in [-0.4, -0.2) is 9.97 Å². The minimum absolute atomic E-state index is 0.329. The van der Waals surface area contributed by atoms with Crippen LogP contribution in [0.3, 0.4) is 0 Å². The van der Waals surface area contributed by atoms with Crippen LogP contribution in [0.15, 0.2) is 12.4 Å². The van der Waals surface area contributed by atoms with Gasteiger partial charge in [0, 0.05) is 12.4 Å². The van der Waals surface area contributed by atoms with Crippen LogP contribution in [0.1, 0.15) is 77.2 Å². The highest BCUT2D eigenvalue weighted by Crippen LogP contribution is 2.08. The van der Waals surface area contributed by atoms with E-state index in [2.05, 4.69) is 23.8 Å². The highest BCUT2D eigenvalue weighted by atomic mass is 15.0. The average Bonchev–Trinajstić information content (AvgIpc) is 2.42. The Hall–Kier alpha value is -1.12. The maximum absolute atomic E-state index is 5.20. The standard InChI is InChI=1S/C11H24.C5H7N3/c1-3-5-7-9-11-10-8-6-4-2;1-4-2-7-5(6)8-3-4/h3-11H2,1-2H3;2-3H,1H3,(H2,6,7,8). The molecule has 19 heavy (non-hydrogen) atoms. The maximum atomic E-state index is 5.20. The smallest absolute Gasteiger partial charge is 0.219 e. The van der Waals surface area contributed by atoms with Crippen molar-refractivity contribution in [2.45, 2.75) is 78.6 Å². The van der Waals surface area contributed by atoms with Crippen molar-refractivity contribution in [3.63, 3.8) is 0 Å². The molecule has 0 aliphatic rings. The van der Waals surface area contributed by atoms with E-state index in [4.69, 9.17) is 5.73 Å². The summed E-state index contributed by atoms with van der Waals surface area (Å²) in [6.45, 7) is 6.47. The number of hydrogen-bond acceptors (Lipinski definition) is 3. The van der Waals surface area contributed by atoms with Crippen molar-refractivity contribution in [1.82, 2.24) is 9.97 Å². The monoisotopic (exact) mass is 265 g/mol. The summed E-state index contributed by atoms with van der Waals surface area (Å²) in [5.74, 6) is 0.329. The topological polar surface area (TPSA) is 51.8 Å². The van der Waals surface area contributed by atoms with Gasteiger partial charge in [0.1, 0.15) is 0 Å². The van der Waals surface area contributed by atoms with E-state index in [1.54, 1.807) is 12.4 Å². The van der Waals surface area contributed by atoms with Crippen molar-refractivity contribution in [1.29, 1.82) is 0 Å².